The molecule has 0 bridgehead atoms. The Bertz CT molecular complexity index is 890. The Morgan fingerprint density at radius 2 is 2.05 bits per heavy atom. The molecular formula is C11H8N8. The lowest BCUT2D eigenvalue weighted by Gasteiger charge is -2.03. The van der Waals surface area contributed by atoms with E-state index in [-0.39, 0.29) is 5.95 Å². The van der Waals surface area contributed by atoms with E-state index in [0.29, 0.717) is 11.5 Å². The number of nitrogens with zero attached hydrogens (tertiary/aromatic N) is 6. The largest absolute Gasteiger partial charge is 0.368 e. The smallest absolute Gasteiger partial charge is 0.224 e. The summed E-state index contributed by atoms with van der Waals surface area (Å²) >= 11 is 0. The first kappa shape index (κ1) is 9.95. The second-order valence-electron chi connectivity index (χ2n) is 4.03. The molecule has 8 heteroatoms. The Kier molecular flexibility index (Phi) is 1.82. The minimum absolute atomic E-state index is 0.159. The van der Waals surface area contributed by atoms with E-state index in [1.807, 2.05) is 24.3 Å². The molecule has 4 rings (SSSR count). The molecule has 19 heavy (non-hydrogen) atoms. The highest BCUT2D eigenvalue weighted by Gasteiger charge is 2.13. The van der Waals surface area contributed by atoms with Crippen LogP contribution >= 0.6 is 0 Å². The molecule has 3 N–H and O–H groups in total. The maximum atomic E-state index is 5.70. The second-order valence-corrected chi connectivity index (χ2v) is 4.03. The highest BCUT2D eigenvalue weighted by Crippen LogP contribution is 2.21. The predicted octanol–water partition coefficient (Wildman–Crippen LogP) is 0.669. The molecule has 8 nitrogen and oxygen atoms in total. The third-order valence-corrected chi connectivity index (χ3v) is 2.86. The molecule has 0 spiro atoms. The van der Waals surface area contributed by atoms with Crippen LogP contribution in [0.2, 0.25) is 0 Å². The van der Waals surface area contributed by atoms with Crippen molar-refractivity contribution < 1.29 is 0 Å². The van der Waals surface area contributed by atoms with Crippen molar-refractivity contribution in [1.82, 2.24) is 35.2 Å². The Balaban J connectivity index is 2.11. The number of rotatable bonds is 1. The molecule has 0 amide bonds. The average Bonchev–Trinajstić information content (AvgIpc) is 3.03. The van der Waals surface area contributed by atoms with Gasteiger partial charge in [0.25, 0.3) is 0 Å². The van der Waals surface area contributed by atoms with Gasteiger partial charge in [-0.2, -0.15) is 19.7 Å². The summed E-state index contributed by atoms with van der Waals surface area (Å²) < 4.78 is 1.63. The van der Waals surface area contributed by atoms with Crippen LogP contribution in [0.4, 0.5) is 5.95 Å². The van der Waals surface area contributed by atoms with Crippen molar-refractivity contribution in [1.29, 1.82) is 0 Å². The zero-order chi connectivity index (χ0) is 12.8. The number of hydrogen-bond donors (Lipinski definition) is 2. The molecule has 0 radical (unpaired) electrons. The number of fused-ring (bicyclic) bond motifs is 2. The lowest BCUT2D eigenvalue weighted by atomic mass is 10.3. The molecule has 3 heterocycles. The van der Waals surface area contributed by atoms with Crippen molar-refractivity contribution in [2.75, 3.05) is 5.73 Å². The molecule has 0 aliphatic carbocycles. The van der Waals surface area contributed by atoms with Gasteiger partial charge in [0.15, 0.2) is 11.5 Å². The van der Waals surface area contributed by atoms with E-state index in [2.05, 4.69) is 30.5 Å². The quantitative estimate of drug-likeness (QED) is 0.515. The Labute approximate surface area is 106 Å². The van der Waals surface area contributed by atoms with Gasteiger partial charge in [0.05, 0.1) is 17.1 Å². The first-order chi connectivity index (χ1) is 9.33. The highest BCUT2D eigenvalue weighted by molar-refractivity contribution is 5.85. The number of benzene rings is 1. The van der Waals surface area contributed by atoms with Gasteiger partial charge in [0.1, 0.15) is 5.52 Å². The monoisotopic (exact) mass is 252 g/mol. The molecule has 0 unspecified atom stereocenters. The number of aromatic amines is 1. The Hall–Kier alpha value is -3.03. The minimum Gasteiger partial charge on any atom is -0.368 e. The molecule has 0 aliphatic heterocycles. The van der Waals surface area contributed by atoms with Gasteiger partial charge in [-0.1, -0.05) is 17.3 Å². The van der Waals surface area contributed by atoms with E-state index in [1.165, 1.54) is 0 Å². The van der Waals surface area contributed by atoms with Crippen LogP contribution in [0.25, 0.3) is 27.9 Å². The summed E-state index contributed by atoms with van der Waals surface area (Å²) in [4.78, 5) is 8.31. The topological polar surface area (TPSA) is 111 Å². The predicted molar refractivity (Wildman–Crippen MR) is 68.5 cm³/mol. The summed E-state index contributed by atoms with van der Waals surface area (Å²) in [6, 6.07) is 7.62. The Morgan fingerprint density at radius 1 is 1.16 bits per heavy atom. The number of hydrogen-bond acceptors (Lipinski definition) is 6. The number of H-pyrrole nitrogens is 1. The lowest BCUT2D eigenvalue weighted by molar-refractivity contribution is 0.806. The van der Waals surface area contributed by atoms with Gasteiger partial charge in [0, 0.05) is 0 Å². The Morgan fingerprint density at radius 3 is 3.00 bits per heavy atom. The van der Waals surface area contributed by atoms with E-state index < -0.39 is 0 Å². The average molecular weight is 252 g/mol. The molecule has 1 aromatic carbocycles. The highest BCUT2D eigenvalue weighted by atomic mass is 15.4. The molecule has 0 saturated heterocycles. The molecule has 3 aromatic heterocycles. The van der Waals surface area contributed by atoms with Crippen molar-refractivity contribution in [3.05, 3.63) is 30.5 Å². The van der Waals surface area contributed by atoms with Crippen LogP contribution < -0.4 is 5.73 Å². The number of nitrogens with two attached hydrogens (primary N) is 1. The van der Waals surface area contributed by atoms with E-state index in [1.54, 1.807) is 10.9 Å². The third kappa shape index (κ3) is 1.36. The maximum absolute atomic E-state index is 5.70. The SMILES string of the molecule is Nc1nc(-n2nnc3ccccc32)c2cn[nH]c2n1. The lowest BCUT2D eigenvalue weighted by Crippen LogP contribution is -2.05. The number of aromatic nitrogens is 7. The fourth-order valence-electron chi connectivity index (χ4n) is 2.02. The number of nitrogen functional groups attached to an aromatic ring is 1. The zero-order valence-corrected chi connectivity index (χ0v) is 9.65. The van der Waals surface area contributed by atoms with Crippen molar-refractivity contribution in [3.63, 3.8) is 0 Å². The van der Waals surface area contributed by atoms with Crippen molar-refractivity contribution >= 4 is 28.0 Å². The molecule has 0 aliphatic rings. The first-order valence-electron chi connectivity index (χ1n) is 5.60. The summed E-state index contributed by atoms with van der Waals surface area (Å²) in [5.74, 6) is 0.719. The summed E-state index contributed by atoms with van der Waals surface area (Å²) in [7, 11) is 0. The second kappa shape index (κ2) is 3.48. The van der Waals surface area contributed by atoms with Crippen LogP contribution in [0.3, 0.4) is 0 Å². The van der Waals surface area contributed by atoms with E-state index in [0.717, 1.165) is 16.4 Å². The molecule has 0 saturated carbocycles. The van der Waals surface area contributed by atoms with Gasteiger partial charge in [0.2, 0.25) is 5.95 Å². The first-order valence-corrected chi connectivity index (χ1v) is 5.60. The third-order valence-electron chi connectivity index (χ3n) is 2.86. The fraction of sp³-hybridized carbons (Fsp3) is 0. The van der Waals surface area contributed by atoms with Crippen LogP contribution in [0.1, 0.15) is 0 Å². The van der Waals surface area contributed by atoms with Crippen molar-refractivity contribution in [2.45, 2.75) is 0 Å². The maximum Gasteiger partial charge on any atom is 0.224 e. The molecule has 92 valence electrons. The summed E-state index contributed by atoms with van der Waals surface area (Å²) in [6.45, 7) is 0. The van der Waals surface area contributed by atoms with Crippen molar-refractivity contribution in [2.24, 2.45) is 0 Å². The molecule has 4 aromatic rings. The van der Waals surface area contributed by atoms with Crippen LogP contribution in [0.5, 0.6) is 0 Å². The van der Waals surface area contributed by atoms with Crippen LogP contribution in [-0.4, -0.2) is 35.2 Å². The fourth-order valence-corrected chi connectivity index (χ4v) is 2.02. The standard InChI is InChI=1S/C11H8N8/c12-11-14-9-6(5-13-17-9)10(15-11)19-8-4-2-1-3-7(8)16-18-19/h1-5H,(H3,12,13,14,15,17). The van der Waals surface area contributed by atoms with Gasteiger partial charge in [-0.25, -0.2) is 0 Å². The van der Waals surface area contributed by atoms with E-state index >= 15 is 0 Å². The molecule has 0 atom stereocenters. The number of para-hydroxylation sites is 1. The van der Waals surface area contributed by atoms with Crippen LogP contribution in [0.15, 0.2) is 30.5 Å². The van der Waals surface area contributed by atoms with Crippen LogP contribution in [0, 0.1) is 0 Å². The molecular weight excluding hydrogens is 244 g/mol. The van der Waals surface area contributed by atoms with Gasteiger partial charge in [-0.3, -0.25) is 5.10 Å². The van der Waals surface area contributed by atoms with Gasteiger partial charge in [-0.05, 0) is 12.1 Å². The minimum atomic E-state index is 0.159. The van der Waals surface area contributed by atoms with Crippen LogP contribution in [-0.2, 0) is 0 Å². The van der Waals surface area contributed by atoms with E-state index in [4.69, 9.17) is 5.73 Å². The number of nitrogens with one attached hydrogen (secondary N) is 1. The summed E-state index contributed by atoms with van der Waals surface area (Å²) in [6.07, 6.45) is 1.64. The number of anilines is 1. The van der Waals surface area contributed by atoms with E-state index in [9.17, 15) is 0 Å². The van der Waals surface area contributed by atoms with Crippen molar-refractivity contribution in [3.8, 4) is 5.82 Å². The normalized spacial score (nSPS) is 11.4. The van der Waals surface area contributed by atoms with Gasteiger partial charge >= 0.3 is 0 Å². The van der Waals surface area contributed by atoms with Gasteiger partial charge in [-0.15, -0.1) is 5.10 Å². The summed E-state index contributed by atoms with van der Waals surface area (Å²) in [5.41, 5.74) is 7.91. The summed E-state index contributed by atoms with van der Waals surface area (Å²) in [5, 5.41) is 15.7. The zero-order valence-electron chi connectivity index (χ0n) is 9.65. The molecule has 0 fully saturated rings. The van der Waals surface area contributed by atoms with Gasteiger partial charge < -0.3 is 5.73 Å².